The summed E-state index contributed by atoms with van der Waals surface area (Å²) in [5, 5.41) is 0. The molecule has 1 nitrogen and oxygen atoms in total. The molecule has 0 radical (unpaired) electrons. The fraction of sp³-hybridized carbons (Fsp3) is 0.750. The van der Waals surface area contributed by atoms with Crippen LogP contribution in [0.4, 0.5) is 8.78 Å². The van der Waals surface area contributed by atoms with Gasteiger partial charge in [-0.15, -0.1) is 0 Å². The van der Waals surface area contributed by atoms with Crippen LogP contribution in [0.25, 0.3) is 0 Å². The SMILES string of the molecule is CC(=C(F)F)N1CCCCC1. The van der Waals surface area contributed by atoms with E-state index in [0.29, 0.717) is 0 Å². The average molecular weight is 161 g/mol. The first-order chi connectivity index (χ1) is 5.22. The lowest BCUT2D eigenvalue weighted by atomic mass is 10.1. The van der Waals surface area contributed by atoms with Crippen LogP contribution in [0.15, 0.2) is 11.8 Å². The van der Waals surface area contributed by atoms with Crippen LogP contribution in [0, 0.1) is 0 Å². The van der Waals surface area contributed by atoms with Crippen LogP contribution >= 0.6 is 0 Å². The largest absolute Gasteiger partial charge is 0.371 e. The summed E-state index contributed by atoms with van der Waals surface area (Å²) in [4.78, 5) is 1.76. The van der Waals surface area contributed by atoms with Crippen LogP contribution in [0.3, 0.4) is 0 Å². The number of hydrogen-bond donors (Lipinski definition) is 0. The van der Waals surface area contributed by atoms with E-state index in [9.17, 15) is 8.78 Å². The van der Waals surface area contributed by atoms with Crippen molar-refractivity contribution in [2.75, 3.05) is 13.1 Å². The van der Waals surface area contributed by atoms with Gasteiger partial charge >= 0.3 is 0 Å². The fourth-order valence-electron chi connectivity index (χ4n) is 1.35. The van der Waals surface area contributed by atoms with Crippen molar-refractivity contribution in [3.63, 3.8) is 0 Å². The van der Waals surface area contributed by atoms with Gasteiger partial charge in [-0.25, -0.2) is 0 Å². The van der Waals surface area contributed by atoms with Crippen LogP contribution in [0.2, 0.25) is 0 Å². The minimum Gasteiger partial charge on any atom is -0.371 e. The van der Waals surface area contributed by atoms with Crippen molar-refractivity contribution in [2.24, 2.45) is 0 Å². The number of rotatable bonds is 1. The Labute approximate surface area is 65.7 Å². The van der Waals surface area contributed by atoms with Crippen molar-refractivity contribution < 1.29 is 8.78 Å². The van der Waals surface area contributed by atoms with Gasteiger partial charge in [-0.2, -0.15) is 8.78 Å². The van der Waals surface area contributed by atoms with E-state index < -0.39 is 6.08 Å². The fourth-order valence-corrected chi connectivity index (χ4v) is 1.35. The first-order valence-electron chi connectivity index (χ1n) is 3.98. The van der Waals surface area contributed by atoms with Gasteiger partial charge in [0.15, 0.2) is 0 Å². The summed E-state index contributed by atoms with van der Waals surface area (Å²) in [6, 6.07) is 0. The number of allylic oxidation sites excluding steroid dienone is 1. The molecule has 11 heavy (non-hydrogen) atoms. The lowest BCUT2D eigenvalue weighted by Gasteiger charge is -2.28. The molecule has 0 aliphatic carbocycles. The smallest absolute Gasteiger partial charge is 0.288 e. The van der Waals surface area contributed by atoms with Crippen molar-refractivity contribution in [3.05, 3.63) is 11.8 Å². The monoisotopic (exact) mass is 161 g/mol. The summed E-state index contributed by atoms with van der Waals surface area (Å²) >= 11 is 0. The van der Waals surface area contributed by atoms with Crippen LogP contribution < -0.4 is 0 Å². The predicted octanol–water partition coefficient (Wildman–Crippen LogP) is 2.60. The molecule has 0 bridgehead atoms. The van der Waals surface area contributed by atoms with Gasteiger partial charge < -0.3 is 4.90 Å². The molecule has 0 N–H and O–H groups in total. The van der Waals surface area contributed by atoms with Crippen molar-refractivity contribution in [2.45, 2.75) is 26.2 Å². The Morgan fingerprint density at radius 3 is 2.09 bits per heavy atom. The summed E-state index contributed by atoms with van der Waals surface area (Å²) in [6.07, 6.45) is 1.74. The minimum atomic E-state index is -1.54. The second-order valence-corrected chi connectivity index (χ2v) is 2.89. The predicted molar refractivity (Wildman–Crippen MR) is 40.3 cm³/mol. The van der Waals surface area contributed by atoms with Crippen LogP contribution in [-0.2, 0) is 0 Å². The Morgan fingerprint density at radius 1 is 1.09 bits per heavy atom. The number of piperidine rings is 1. The van der Waals surface area contributed by atoms with E-state index >= 15 is 0 Å². The Hall–Kier alpha value is -0.600. The molecule has 1 rings (SSSR count). The summed E-state index contributed by atoms with van der Waals surface area (Å²) < 4.78 is 24.1. The second-order valence-electron chi connectivity index (χ2n) is 2.89. The third-order valence-electron chi connectivity index (χ3n) is 2.10. The molecular formula is C8H13F2N. The number of hydrogen-bond acceptors (Lipinski definition) is 1. The molecule has 0 aromatic carbocycles. The van der Waals surface area contributed by atoms with E-state index in [-0.39, 0.29) is 5.70 Å². The number of likely N-dealkylation sites (tertiary alicyclic amines) is 1. The highest BCUT2D eigenvalue weighted by Gasteiger charge is 2.13. The van der Waals surface area contributed by atoms with Gasteiger partial charge in [0.1, 0.15) is 0 Å². The molecule has 1 saturated heterocycles. The zero-order valence-electron chi connectivity index (χ0n) is 6.74. The van der Waals surface area contributed by atoms with Gasteiger partial charge in [0.25, 0.3) is 6.08 Å². The summed E-state index contributed by atoms with van der Waals surface area (Å²) in [5.41, 5.74) is 0.157. The van der Waals surface area contributed by atoms with Crippen molar-refractivity contribution in [1.29, 1.82) is 0 Å². The second kappa shape index (κ2) is 3.69. The van der Waals surface area contributed by atoms with Gasteiger partial charge in [0, 0.05) is 13.1 Å². The Morgan fingerprint density at radius 2 is 1.64 bits per heavy atom. The van der Waals surface area contributed by atoms with Crippen molar-refractivity contribution in [3.8, 4) is 0 Å². The lowest BCUT2D eigenvalue weighted by Crippen LogP contribution is -2.28. The molecule has 1 aliphatic heterocycles. The maximum Gasteiger partial charge on any atom is 0.288 e. The average Bonchev–Trinajstić information content (AvgIpc) is 2.05. The zero-order valence-corrected chi connectivity index (χ0v) is 6.74. The molecule has 0 atom stereocenters. The first kappa shape index (κ1) is 8.50. The Balaban J connectivity index is 2.52. The highest BCUT2D eigenvalue weighted by Crippen LogP contribution is 2.17. The van der Waals surface area contributed by atoms with Crippen LogP contribution in [0.1, 0.15) is 26.2 Å². The molecule has 1 fully saturated rings. The maximum absolute atomic E-state index is 12.1. The quantitative estimate of drug-likeness (QED) is 0.571. The van der Waals surface area contributed by atoms with Crippen molar-refractivity contribution in [1.82, 2.24) is 4.90 Å². The topological polar surface area (TPSA) is 3.24 Å². The van der Waals surface area contributed by atoms with E-state index in [4.69, 9.17) is 0 Å². The van der Waals surface area contributed by atoms with Crippen molar-refractivity contribution >= 4 is 0 Å². The molecular weight excluding hydrogens is 148 g/mol. The standard InChI is InChI=1S/C8H13F2N/c1-7(8(9)10)11-5-3-2-4-6-11/h2-6H2,1H3. The van der Waals surface area contributed by atoms with E-state index in [0.717, 1.165) is 25.9 Å². The van der Waals surface area contributed by atoms with Gasteiger partial charge in [-0.05, 0) is 26.2 Å². The third kappa shape index (κ3) is 2.17. The molecule has 0 aromatic rings. The summed E-state index contributed by atoms with van der Waals surface area (Å²) in [6.45, 7) is 3.08. The molecule has 1 heterocycles. The normalized spacial score (nSPS) is 18.3. The Kier molecular flexibility index (Phi) is 2.85. The third-order valence-corrected chi connectivity index (χ3v) is 2.10. The molecule has 0 saturated carbocycles. The lowest BCUT2D eigenvalue weighted by molar-refractivity contribution is 0.259. The molecule has 0 spiro atoms. The van der Waals surface area contributed by atoms with Gasteiger partial charge in [0.05, 0.1) is 5.70 Å². The van der Waals surface area contributed by atoms with Gasteiger partial charge in [0.2, 0.25) is 0 Å². The Bertz CT molecular complexity index is 155. The van der Waals surface area contributed by atoms with E-state index in [1.165, 1.54) is 13.3 Å². The van der Waals surface area contributed by atoms with Gasteiger partial charge in [-0.1, -0.05) is 0 Å². The maximum atomic E-state index is 12.1. The summed E-state index contributed by atoms with van der Waals surface area (Å²) in [7, 11) is 0. The zero-order chi connectivity index (χ0) is 8.27. The van der Waals surface area contributed by atoms with E-state index in [1.807, 2.05) is 0 Å². The van der Waals surface area contributed by atoms with E-state index in [2.05, 4.69) is 0 Å². The van der Waals surface area contributed by atoms with Crippen LogP contribution in [-0.4, -0.2) is 18.0 Å². The molecule has 64 valence electrons. The highest BCUT2D eigenvalue weighted by molar-refractivity contribution is 4.98. The molecule has 0 aromatic heterocycles. The number of halogens is 2. The molecule has 0 unspecified atom stereocenters. The minimum absolute atomic E-state index is 0.157. The number of nitrogens with zero attached hydrogens (tertiary/aromatic N) is 1. The highest BCUT2D eigenvalue weighted by atomic mass is 19.3. The summed E-state index contributed by atoms with van der Waals surface area (Å²) in [5.74, 6) is 0. The van der Waals surface area contributed by atoms with Gasteiger partial charge in [-0.3, -0.25) is 0 Å². The van der Waals surface area contributed by atoms with Crippen LogP contribution in [0.5, 0.6) is 0 Å². The molecule has 3 heteroatoms. The van der Waals surface area contributed by atoms with E-state index in [1.54, 1.807) is 4.90 Å². The molecule has 1 aliphatic rings. The first-order valence-corrected chi connectivity index (χ1v) is 3.98. The molecule has 0 amide bonds.